The Morgan fingerprint density at radius 1 is 1.08 bits per heavy atom. The summed E-state index contributed by atoms with van der Waals surface area (Å²) in [4.78, 5) is 15.1. The van der Waals surface area contributed by atoms with Crippen LogP contribution in [-0.4, -0.2) is 43.0 Å². The Balaban J connectivity index is 0.00000169. The SMILES string of the molecule is CC1CN(Cc2ccccc2)CC(C)C1NC(=O)C1CCNCC1.Cl.Cl. The summed E-state index contributed by atoms with van der Waals surface area (Å²) in [5, 5.41) is 6.71. The first-order valence-corrected chi connectivity index (χ1v) is 9.41. The van der Waals surface area contributed by atoms with Crippen molar-refractivity contribution in [3.8, 4) is 0 Å². The molecule has 0 aromatic heterocycles. The van der Waals surface area contributed by atoms with E-state index in [0.29, 0.717) is 17.9 Å². The van der Waals surface area contributed by atoms with Gasteiger partial charge in [0, 0.05) is 31.6 Å². The maximum Gasteiger partial charge on any atom is 0.223 e. The molecule has 1 aromatic rings. The largest absolute Gasteiger partial charge is 0.352 e. The van der Waals surface area contributed by atoms with E-state index >= 15 is 0 Å². The fraction of sp³-hybridized carbons (Fsp3) is 0.650. The Bertz CT molecular complexity index is 525. The average molecular weight is 402 g/mol. The third-order valence-electron chi connectivity index (χ3n) is 5.59. The van der Waals surface area contributed by atoms with Gasteiger partial charge in [-0.05, 0) is 43.3 Å². The highest BCUT2D eigenvalue weighted by atomic mass is 35.5. The normalized spacial score (nSPS) is 27.1. The highest BCUT2D eigenvalue weighted by Gasteiger charge is 2.34. The number of likely N-dealkylation sites (tertiary alicyclic amines) is 1. The maximum absolute atomic E-state index is 12.6. The van der Waals surface area contributed by atoms with Crippen LogP contribution in [0.2, 0.25) is 0 Å². The van der Waals surface area contributed by atoms with Crippen molar-refractivity contribution in [2.24, 2.45) is 17.8 Å². The van der Waals surface area contributed by atoms with Gasteiger partial charge < -0.3 is 10.6 Å². The van der Waals surface area contributed by atoms with E-state index in [4.69, 9.17) is 0 Å². The second-order valence-corrected chi connectivity index (χ2v) is 7.69. The number of benzene rings is 1. The van der Waals surface area contributed by atoms with Crippen LogP contribution in [0.25, 0.3) is 0 Å². The topological polar surface area (TPSA) is 44.4 Å². The molecule has 1 aromatic carbocycles. The molecule has 2 saturated heterocycles. The van der Waals surface area contributed by atoms with E-state index in [9.17, 15) is 4.79 Å². The molecular formula is C20H33Cl2N3O. The zero-order valence-corrected chi connectivity index (χ0v) is 17.5. The van der Waals surface area contributed by atoms with Crippen molar-refractivity contribution >= 4 is 30.7 Å². The van der Waals surface area contributed by atoms with E-state index in [1.165, 1.54) is 5.56 Å². The first-order valence-electron chi connectivity index (χ1n) is 9.41. The first kappa shape index (κ1) is 23.2. The first-order chi connectivity index (χ1) is 11.6. The van der Waals surface area contributed by atoms with E-state index in [1.54, 1.807) is 0 Å². The summed E-state index contributed by atoms with van der Waals surface area (Å²) in [5.74, 6) is 1.45. The number of carbonyl (C=O) groups is 1. The van der Waals surface area contributed by atoms with Crippen LogP contribution in [0.4, 0.5) is 0 Å². The highest BCUT2D eigenvalue weighted by molar-refractivity contribution is 5.85. The van der Waals surface area contributed by atoms with Crippen LogP contribution in [0.15, 0.2) is 30.3 Å². The van der Waals surface area contributed by atoms with Gasteiger partial charge in [0.25, 0.3) is 0 Å². The third-order valence-corrected chi connectivity index (χ3v) is 5.59. The molecule has 0 saturated carbocycles. The molecule has 2 atom stereocenters. The number of halogens is 2. The number of carbonyl (C=O) groups excluding carboxylic acids is 1. The molecule has 2 heterocycles. The van der Waals surface area contributed by atoms with Crippen LogP contribution in [0.5, 0.6) is 0 Å². The molecule has 148 valence electrons. The number of hydrogen-bond acceptors (Lipinski definition) is 3. The molecule has 0 aliphatic carbocycles. The summed E-state index contributed by atoms with van der Waals surface area (Å²) in [6.45, 7) is 9.61. The Morgan fingerprint density at radius 3 is 2.23 bits per heavy atom. The number of hydrogen-bond donors (Lipinski definition) is 2. The summed E-state index contributed by atoms with van der Waals surface area (Å²) in [7, 11) is 0. The minimum absolute atomic E-state index is 0. The van der Waals surface area contributed by atoms with Crippen molar-refractivity contribution in [1.29, 1.82) is 0 Å². The van der Waals surface area contributed by atoms with Crippen LogP contribution in [0.3, 0.4) is 0 Å². The van der Waals surface area contributed by atoms with Gasteiger partial charge in [0.15, 0.2) is 0 Å². The number of nitrogens with one attached hydrogen (secondary N) is 2. The second-order valence-electron chi connectivity index (χ2n) is 7.69. The van der Waals surface area contributed by atoms with E-state index in [0.717, 1.165) is 45.6 Å². The Kier molecular flexibility index (Phi) is 9.94. The van der Waals surface area contributed by atoms with Crippen LogP contribution >= 0.6 is 24.8 Å². The zero-order valence-electron chi connectivity index (χ0n) is 15.8. The molecule has 26 heavy (non-hydrogen) atoms. The van der Waals surface area contributed by atoms with Crippen molar-refractivity contribution in [3.05, 3.63) is 35.9 Å². The Labute approximate surface area is 170 Å². The van der Waals surface area contributed by atoms with Crippen molar-refractivity contribution < 1.29 is 4.79 Å². The molecule has 2 aliphatic rings. The Hall–Kier alpha value is -0.810. The molecule has 0 spiro atoms. The quantitative estimate of drug-likeness (QED) is 0.814. The lowest BCUT2D eigenvalue weighted by atomic mass is 9.84. The molecule has 2 unspecified atom stereocenters. The van der Waals surface area contributed by atoms with Crippen LogP contribution in [0, 0.1) is 17.8 Å². The van der Waals surface area contributed by atoms with Crippen LogP contribution in [0.1, 0.15) is 32.3 Å². The van der Waals surface area contributed by atoms with Gasteiger partial charge in [-0.3, -0.25) is 9.69 Å². The predicted octanol–water partition coefficient (Wildman–Crippen LogP) is 3.10. The predicted molar refractivity (Wildman–Crippen MR) is 112 cm³/mol. The fourth-order valence-electron chi connectivity index (χ4n) is 4.30. The van der Waals surface area contributed by atoms with Gasteiger partial charge >= 0.3 is 0 Å². The van der Waals surface area contributed by atoms with Crippen molar-refractivity contribution in [1.82, 2.24) is 15.5 Å². The van der Waals surface area contributed by atoms with Gasteiger partial charge in [-0.15, -0.1) is 24.8 Å². The standard InChI is InChI=1S/C20H31N3O.2ClH/c1-15-12-23(14-17-6-4-3-5-7-17)13-16(2)19(15)22-20(24)18-8-10-21-11-9-18;;/h3-7,15-16,18-19,21H,8-14H2,1-2H3,(H,22,24);2*1H. The molecule has 0 bridgehead atoms. The van der Waals surface area contributed by atoms with Crippen LogP contribution < -0.4 is 10.6 Å². The average Bonchev–Trinajstić information content (AvgIpc) is 2.59. The number of amides is 1. The maximum atomic E-state index is 12.6. The summed E-state index contributed by atoms with van der Waals surface area (Å²) >= 11 is 0. The van der Waals surface area contributed by atoms with Crippen molar-refractivity contribution in [3.63, 3.8) is 0 Å². The smallest absolute Gasteiger partial charge is 0.223 e. The zero-order chi connectivity index (χ0) is 16.9. The number of rotatable bonds is 4. The van der Waals surface area contributed by atoms with E-state index in [-0.39, 0.29) is 36.6 Å². The van der Waals surface area contributed by atoms with Gasteiger partial charge in [-0.1, -0.05) is 44.2 Å². The second kappa shape index (κ2) is 11.1. The highest BCUT2D eigenvalue weighted by Crippen LogP contribution is 2.24. The number of piperidine rings is 2. The van der Waals surface area contributed by atoms with Crippen LogP contribution in [-0.2, 0) is 11.3 Å². The van der Waals surface area contributed by atoms with Gasteiger partial charge in [0.1, 0.15) is 0 Å². The summed E-state index contributed by atoms with van der Waals surface area (Å²) < 4.78 is 0. The van der Waals surface area contributed by atoms with Crippen molar-refractivity contribution in [2.45, 2.75) is 39.3 Å². The summed E-state index contributed by atoms with van der Waals surface area (Å²) in [6, 6.07) is 11.0. The van der Waals surface area contributed by atoms with Gasteiger partial charge in [-0.2, -0.15) is 0 Å². The number of nitrogens with zero attached hydrogens (tertiary/aromatic N) is 1. The molecule has 1 amide bonds. The molecule has 4 nitrogen and oxygen atoms in total. The molecule has 2 fully saturated rings. The lowest BCUT2D eigenvalue weighted by molar-refractivity contribution is -0.127. The lowest BCUT2D eigenvalue weighted by Gasteiger charge is -2.42. The minimum atomic E-state index is 0. The van der Waals surface area contributed by atoms with Crippen molar-refractivity contribution in [2.75, 3.05) is 26.2 Å². The molecule has 3 rings (SSSR count). The van der Waals surface area contributed by atoms with E-state index < -0.39 is 0 Å². The summed E-state index contributed by atoms with van der Waals surface area (Å²) in [6.07, 6.45) is 1.95. The Morgan fingerprint density at radius 2 is 1.65 bits per heavy atom. The molecule has 6 heteroatoms. The van der Waals surface area contributed by atoms with E-state index in [2.05, 4.69) is 59.7 Å². The summed E-state index contributed by atoms with van der Waals surface area (Å²) in [5.41, 5.74) is 1.37. The van der Waals surface area contributed by atoms with Gasteiger partial charge in [-0.25, -0.2) is 0 Å². The lowest BCUT2D eigenvalue weighted by Crippen LogP contribution is -2.56. The molecule has 0 radical (unpaired) electrons. The van der Waals surface area contributed by atoms with E-state index in [1.807, 2.05) is 0 Å². The molecule has 2 N–H and O–H groups in total. The minimum Gasteiger partial charge on any atom is -0.352 e. The monoisotopic (exact) mass is 401 g/mol. The van der Waals surface area contributed by atoms with Gasteiger partial charge in [0.05, 0.1) is 0 Å². The third kappa shape index (κ3) is 6.12. The van der Waals surface area contributed by atoms with Gasteiger partial charge in [0.2, 0.25) is 5.91 Å². The molecule has 2 aliphatic heterocycles. The fourth-order valence-corrected chi connectivity index (χ4v) is 4.30. The molecular weight excluding hydrogens is 369 g/mol.